The summed E-state index contributed by atoms with van der Waals surface area (Å²) in [6.07, 6.45) is 6.96. The number of hydrogen-bond donors (Lipinski definition) is 0. The number of hydrogen-bond acceptors (Lipinski definition) is 8. The molecule has 6 nitrogen and oxygen atoms in total. The second kappa shape index (κ2) is 41.5. The molecule has 0 heterocycles. The molecule has 9 heteroatoms. The standard InChI is InChI=1S/2C9H18O3S.2C4H9.Sn/c2*1-3-8(11-4-2)7-12-9(10)5-6-13;2*1-3-4-2;/h2*8,13H,3-7H2,1-2H3;2*1,3-4H2,2H3;/q;;;;+2/p-2. The Bertz CT molecular complexity index is 364. The SMILES string of the molecule is CCOC(CC)COC(=O)CC[S-].CCOC(CC)COC(=O)CC[S-].[CH2]CCC.[CH2]CCC.[Sn+2]. The van der Waals surface area contributed by atoms with Crippen molar-refractivity contribution in [1.29, 1.82) is 0 Å². The summed E-state index contributed by atoms with van der Waals surface area (Å²) >= 11 is 9.31. The number of esters is 2. The van der Waals surface area contributed by atoms with Crippen molar-refractivity contribution >= 4 is 61.1 Å². The van der Waals surface area contributed by atoms with Gasteiger partial charge in [-0.2, -0.15) is 11.5 Å². The third-order valence-corrected chi connectivity index (χ3v) is 4.30. The number of carbonyl (C=O) groups excluding carboxylic acids is 2. The maximum absolute atomic E-state index is 10.9. The number of rotatable bonds is 16. The van der Waals surface area contributed by atoms with Gasteiger partial charge in [-0.3, -0.25) is 9.59 Å². The van der Waals surface area contributed by atoms with E-state index in [0.29, 0.717) is 50.8 Å². The minimum absolute atomic E-state index is 0. The molecular formula is C26H52O6S2Sn. The molecule has 0 N–H and O–H groups in total. The van der Waals surface area contributed by atoms with E-state index in [9.17, 15) is 9.59 Å². The summed E-state index contributed by atoms with van der Waals surface area (Å²) in [5, 5.41) is 0. The second-order valence-corrected chi connectivity index (χ2v) is 7.77. The van der Waals surface area contributed by atoms with Crippen LogP contribution in [0.4, 0.5) is 0 Å². The molecule has 0 fully saturated rings. The fourth-order valence-corrected chi connectivity index (χ4v) is 2.06. The summed E-state index contributed by atoms with van der Waals surface area (Å²) < 4.78 is 20.5. The van der Waals surface area contributed by atoms with Gasteiger partial charge in [-0.15, -0.1) is 0 Å². The summed E-state index contributed by atoms with van der Waals surface area (Å²) in [5.74, 6) is 0.385. The van der Waals surface area contributed by atoms with Gasteiger partial charge in [0.25, 0.3) is 0 Å². The molecular weight excluding hydrogens is 591 g/mol. The summed E-state index contributed by atoms with van der Waals surface area (Å²) in [5.41, 5.74) is 0. The molecule has 0 spiro atoms. The normalized spacial score (nSPS) is 11.0. The second-order valence-electron chi connectivity index (χ2n) is 6.95. The van der Waals surface area contributed by atoms with Crippen LogP contribution in [0.15, 0.2) is 0 Å². The Morgan fingerprint density at radius 2 is 0.971 bits per heavy atom. The van der Waals surface area contributed by atoms with Crippen LogP contribution in [0.2, 0.25) is 0 Å². The van der Waals surface area contributed by atoms with Gasteiger partial charge >= 0.3 is 35.8 Å². The van der Waals surface area contributed by atoms with Crippen LogP contribution in [0, 0.1) is 13.8 Å². The Balaban J connectivity index is -0.000000128. The maximum atomic E-state index is 10.9. The molecule has 0 aromatic carbocycles. The summed E-state index contributed by atoms with van der Waals surface area (Å²) in [4.78, 5) is 21.8. The van der Waals surface area contributed by atoms with Crippen LogP contribution >= 0.6 is 0 Å². The Morgan fingerprint density at radius 1 is 0.686 bits per heavy atom. The van der Waals surface area contributed by atoms with Gasteiger partial charge < -0.3 is 44.2 Å². The Kier molecular flexibility index (Phi) is 53.7. The predicted molar refractivity (Wildman–Crippen MR) is 153 cm³/mol. The molecule has 0 saturated carbocycles. The first-order chi connectivity index (χ1) is 16.3. The zero-order valence-electron chi connectivity index (χ0n) is 23.2. The van der Waals surface area contributed by atoms with Crippen molar-refractivity contribution in [1.82, 2.24) is 0 Å². The van der Waals surface area contributed by atoms with Crippen LogP contribution in [0.25, 0.3) is 0 Å². The van der Waals surface area contributed by atoms with E-state index in [4.69, 9.17) is 18.9 Å². The van der Waals surface area contributed by atoms with Crippen LogP contribution in [0.1, 0.15) is 92.9 Å². The van der Waals surface area contributed by atoms with Crippen molar-refractivity contribution in [3.05, 3.63) is 13.8 Å². The van der Waals surface area contributed by atoms with Crippen LogP contribution in [0.5, 0.6) is 0 Å². The predicted octanol–water partition coefficient (Wildman–Crippen LogP) is 5.42. The molecule has 0 amide bonds. The first kappa shape index (κ1) is 45.3. The third-order valence-electron chi connectivity index (χ3n) is 3.90. The molecule has 0 aliphatic rings. The van der Waals surface area contributed by atoms with Crippen LogP contribution in [0.3, 0.4) is 0 Å². The summed E-state index contributed by atoms with van der Waals surface area (Å²) in [6.45, 7) is 21.3. The van der Waals surface area contributed by atoms with Gasteiger partial charge in [-0.25, -0.2) is 0 Å². The smallest absolute Gasteiger partial charge is 0.792 e. The molecule has 0 aromatic heterocycles. The maximum Gasteiger partial charge on any atom is 2.00 e. The molecule has 2 unspecified atom stereocenters. The van der Waals surface area contributed by atoms with E-state index in [1.807, 2.05) is 27.7 Å². The van der Waals surface area contributed by atoms with E-state index in [1.165, 1.54) is 12.8 Å². The number of ether oxygens (including phenoxy) is 4. The van der Waals surface area contributed by atoms with Crippen molar-refractivity contribution in [3.8, 4) is 0 Å². The minimum atomic E-state index is -0.229. The average Bonchev–Trinajstić information content (AvgIpc) is 2.85. The van der Waals surface area contributed by atoms with Gasteiger partial charge in [-0.1, -0.05) is 67.2 Å². The van der Waals surface area contributed by atoms with E-state index in [0.717, 1.165) is 25.7 Å². The third kappa shape index (κ3) is 44.7. The van der Waals surface area contributed by atoms with E-state index in [2.05, 4.69) is 53.0 Å². The van der Waals surface area contributed by atoms with E-state index in [-0.39, 0.29) is 48.1 Å². The van der Waals surface area contributed by atoms with Gasteiger partial charge in [-0.05, 0) is 26.7 Å². The molecule has 0 aromatic rings. The van der Waals surface area contributed by atoms with E-state index >= 15 is 0 Å². The monoisotopic (exact) mass is 644 g/mol. The first-order valence-electron chi connectivity index (χ1n) is 12.6. The van der Waals surface area contributed by atoms with Gasteiger partial charge in [0.1, 0.15) is 13.2 Å². The van der Waals surface area contributed by atoms with Crippen LogP contribution in [-0.4, -0.2) is 86.0 Å². The summed E-state index contributed by atoms with van der Waals surface area (Å²) in [7, 11) is 0. The zero-order chi connectivity index (χ0) is 27.0. The number of unbranched alkanes of at least 4 members (excludes halogenated alkanes) is 2. The largest absolute Gasteiger partial charge is 2.00 e. The zero-order valence-corrected chi connectivity index (χ0v) is 27.7. The Hall–Kier alpha value is 0.359. The van der Waals surface area contributed by atoms with Crippen molar-refractivity contribution in [2.45, 2.75) is 105 Å². The van der Waals surface area contributed by atoms with Gasteiger partial charge in [0.2, 0.25) is 0 Å². The minimum Gasteiger partial charge on any atom is -0.792 e. The van der Waals surface area contributed by atoms with Crippen molar-refractivity contribution in [3.63, 3.8) is 0 Å². The van der Waals surface area contributed by atoms with E-state index in [1.54, 1.807) is 0 Å². The molecule has 0 aliphatic carbocycles. The fraction of sp³-hybridized carbons (Fsp3) is 0.846. The molecule has 0 bridgehead atoms. The van der Waals surface area contributed by atoms with Crippen molar-refractivity contribution < 1.29 is 28.5 Å². The van der Waals surface area contributed by atoms with Crippen molar-refractivity contribution in [2.75, 3.05) is 37.9 Å². The molecule has 0 saturated heterocycles. The number of carbonyl (C=O) groups is 2. The van der Waals surface area contributed by atoms with Gasteiger partial charge in [0.05, 0.1) is 12.2 Å². The Morgan fingerprint density at radius 3 is 1.14 bits per heavy atom. The van der Waals surface area contributed by atoms with Crippen molar-refractivity contribution in [2.24, 2.45) is 0 Å². The molecule has 208 valence electrons. The Labute approximate surface area is 245 Å². The molecule has 35 heavy (non-hydrogen) atoms. The molecule has 0 aliphatic heterocycles. The molecule has 4 radical (unpaired) electrons. The average molecular weight is 644 g/mol. The fourth-order valence-electron chi connectivity index (χ4n) is 1.72. The topological polar surface area (TPSA) is 71.1 Å². The van der Waals surface area contributed by atoms with Gasteiger partial charge in [0.15, 0.2) is 0 Å². The molecule has 2 atom stereocenters. The quantitative estimate of drug-likeness (QED) is 0.126. The van der Waals surface area contributed by atoms with Crippen LogP contribution < -0.4 is 0 Å². The molecule has 0 rings (SSSR count). The van der Waals surface area contributed by atoms with Crippen LogP contribution in [-0.2, 0) is 53.8 Å². The first-order valence-corrected chi connectivity index (χ1v) is 13.8. The van der Waals surface area contributed by atoms with E-state index < -0.39 is 0 Å². The summed E-state index contributed by atoms with van der Waals surface area (Å²) in [6, 6.07) is 0. The van der Waals surface area contributed by atoms with Gasteiger partial charge in [0, 0.05) is 26.1 Å².